The first-order valence-electron chi connectivity index (χ1n) is 8.37. The fourth-order valence-corrected chi connectivity index (χ4v) is 3.22. The molecule has 0 saturated carbocycles. The maximum Gasteiger partial charge on any atom is 0.420 e. The van der Waals surface area contributed by atoms with E-state index in [9.17, 15) is 33.4 Å². The Kier molecular flexibility index (Phi) is 6.99. The predicted octanol–water partition coefficient (Wildman–Crippen LogP) is 6.47. The van der Waals surface area contributed by atoms with Crippen LogP contribution in [-0.2, 0) is 6.18 Å². The zero-order valence-electron chi connectivity index (χ0n) is 15.5. The minimum absolute atomic E-state index is 0.0602. The van der Waals surface area contributed by atoms with Crippen LogP contribution < -0.4 is 9.64 Å². The molecule has 0 bridgehead atoms. The molecule has 2 aromatic carbocycles. The van der Waals surface area contributed by atoms with Crippen LogP contribution in [0.2, 0.25) is 10.0 Å². The minimum atomic E-state index is -5.19. The molecule has 0 aliphatic carbocycles. The van der Waals surface area contributed by atoms with E-state index in [1.54, 1.807) is 13.8 Å². The van der Waals surface area contributed by atoms with Gasteiger partial charge in [0.2, 0.25) is 5.75 Å². The smallest absolute Gasteiger partial charge is 0.420 e. The van der Waals surface area contributed by atoms with Crippen molar-refractivity contribution in [2.45, 2.75) is 20.0 Å². The molecule has 0 heterocycles. The highest BCUT2D eigenvalue weighted by atomic mass is 35.5. The van der Waals surface area contributed by atoms with E-state index in [1.807, 2.05) is 0 Å². The third-order valence-electron chi connectivity index (χ3n) is 4.08. The molecule has 0 aliphatic heterocycles. The van der Waals surface area contributed by atoms with Gasteiger partial charge in [-0.25, -0.2) is 0 Å². The summed E-state index contributed by atoms with van der Waals surface area (Å²) >= 11 is 11.7. The summed E-state index contributed by atoms with van der Waals surface area (Å²) < 4.78 is 46.3. The van der Waals surface area contributed by atoms with Gasteiger partial charge in [-0.15, -0.1) is 0 Å². The monoisotopic (exact) mass is 467 g/mol. The minimum Gasteiger partial charge on any atom is -0.448 e. The summed E-state index contributed by atoms with van der Waals surface area (Å²) in [6.07, 6.45) is -5.19. The molecule has 2 rings (SSSR count). The quantitative estimate of drug-likeness (QED) is 0.341. The third-order valence-corrected chi connectivity index (χ3v) is 4.61. The Hall–Kier alpha value is -2.79. The van der Waals surface area contributed by atoms with Gasteiger partial charge >= 0.3 is 17.6 Å². The molecule has 0 radical (unpaired) electrons. The van der Waals surface area contributed by atoms with Gasteiger partial charge in [0.25, 0.3) is 0 Å². The lowest BCUT2D eigenvalue weighted by atomic mass is 10.1. The molecule has 0 amide bonds. The Morgan fingerprint density at radius 3 is 2.10 bits per heavy atom. The number of halogens is 5. The lowest BCUT2D eigenvalue weighted by Crippen LogP contribution is -2.25. The van der Waals surface area contributed by atoms with Crippen LogP contribution in [0.1, 0.15) is 19.4 Å². The molecule has 13 heteroatoms. The van der Waals surface area contributed by atoms with Gasteiger partial charge < -0.3 is 9.64 Å². The molecule has 0 unspecified atom stereocenters. The molecule has 0 spiro atoms. The van der Waals surface area contributed by atoms with Crippen LogP contribution >= 0.6 is 23.2 Å². The number of benzene rings is 2. The molecule has 0 aromatic heterocycles. The van der Waals surface area contributed by atoms with E-state index in [4.69, 9.17) is 27.9 Å². The van der Waals surface area contributed by atoms with Crippen molar-refractivity contribution in [1.82, 2.24) is 0 Å². The van der Waals surface area contributed by atoms with Gasteiger partial charge in [-0.2, -0.15) is 13.2 Å². The first-order valence-corrected chi connectivity index (χ1v) is 9.12. The zero-order chi connectivity index (χ0) is 22.8. The number of nitrogens with zero attached hydrogens (tertiary/aromatic N) is 3. The van der Waals surface area contributed by atoms with Gasteiger partial charge in [-0.1, -0.05) is 23.2 Å². The van der Waals surface area contributed by atoms with E-state index in [0.717, 1.165) is 6.07 Å². The number of hydrogen-bond acceptors (Lipinski definition) is 6. The highest BCUT2D eigenvalue weighted by Crippen LogP contribution is 2.52. The molecule has 8 nitrogen and oxygen atoms in total. The van der Waals surface area contributed by atoms with E-state index >= 15 is 0 Å². The highest BCUT2D eigenvalue weighted by molar-refractivity contribution is 6.35. The normalized spacial score (nSPS) is 11.3. The van der Waals surface area contributed by atoms with Crippen LogP contribution in [0.25, 0.3) is 0 Å². The summed E-state index contributed by atoms with van der Waals surface area (Å²) in [4.78, 5) is 22.3. The Bertz CT molecular complexity index is 998. The van der Waals surface area contributed by atoms with Gasteiger partial charge in [0.05, 0.1) is 14.9 Å². The summed E-state index contributed by atoms with van der Waals surface area (Å²) in [6.45, 7) is 3.21. The van der Waals surface area contributed by atoms with Crippen molar-refractivity contribution < 1.29 is 27.8 Å². The Labute approximate surface area is 178 Å². The molecule has 2 aromatic rings. The van der Waals surface area contributed by atoms with Crippen molar-refractivity contribution in [2.24, 2.45) is 0 Å². The SMILES string of the molecule is CCN(CC)c1c([N+](=O)[O-])cc(C(F)(F)F)c(Oc2ccc(Cl)cc2Cl)c1[N+](=O)[O-]. The summed E-state index contributed by atoms with van der Waals surface area (Å²) in [6, 6.07) is 3.79. The number of rotatable bonds is 7. The number of anilines is 1. The molecule has 30 heavy (non-hydrogen) atoms. The Morgan fingerprint density at radius 1 is 1.07 bits per heavy atom. The van der Waals surface area contributed by atoms with E-state index in [-0.39, 0.29) is 35.0 Å². The molecule has 162 valence electrons. The molecule has 0 saturated heterocycles. The maximum atomic E-state index is 13.7. The molecular weight excluding hydrogens is 454 g/mol. The summed E-state index contributed by atoms with van der Waals surface area (Å²) in [5.41, 5.74) is -4.52. The predicted molar refractivity (Wildman–Crippen MR) is 105 cm³/mol. The first-order chi connectivity index (χ1) is 13.9. The number of nitro groups is 2. The van der Waals surface area contributed by atoms with Crippen molar-refractivity contribution in [3.63, 3.8) is 0 Å². The van der Waals surface area contributed by atoms with Crippen LogP contribution in [0.5, 0.6) is 11.5 Å². The van der Waals surface area contributed by atoms with Crippen molar-refractivity contribution in [2.75, 3.05) is 18.0 Å². The standard InChI is InChI=1S/C17H14Cl2F3N3O5/c1-3-23(4-2)14-12(24(26)27)8-10(17(20,21)22)16(15(14)25(28)29)30-13-6-5-9(18)7-11(13)19/h5-8H,3-4H2,1-2H3. The number of alkyl halides is 3. The highest BCUT2D eigenvalue weighted by Gasteiger charge is 2.45. The first kappa shape index (κ1) is 23.5. The van der Waals surface area contributed by atoms with Crippen LogP contribution in [0, 0.1) is 20.2 Å². The van der Waals surface area contributed by atoms with Gasteiger partial charge in [-0.05, 0) is 32.0 Å². The molecule has 0 fully saturated rings. The second kappa shape index (κ2) is 8.92. The van der Waals surface area contributed by atoms with E-state index in [1.165, 1.54) is 17.0 Å². The van der Waals surface area contributed by atoms with E-state index in [2.05, 4.69) is 0 Å². The van der Waals surface area contributed by atoms with Crippen molar-refractivity contribution >= 4 is 40.3 Å². The van der Waals surface area contributed by atoms with Gasteiger partial charge in [0, 0.05) is 24.2 Å². The summed E-state index contributed by atoms with van der Waals surface area (Å²) in [5, 5.41) is 23.3. The lowest BCUT2D eigenvalue weighted by Gasteiger charge is -2.23. The Balaban J connectivity index is 2.97. The summed E-state index contributed by atoms with van der Waals surface area (Å²) in [7, 11) is 0. The average molecular weight is 468 g/mol. The number of hydrogen-bond donors (Lipinski definition) is 0. The Morgan fingerprint density at radius 2 is 1.67 bits per heavy atom. The lowest BCUT2D eigenvalue weighted by molar-refractivity contribution is -0.393. The zero-order valence-corrected chi connectivity index (χ0v) is 17.0. The average Bonchev–Trinajstić information content (AvgIpc) is 2.63. The third kappa shape index (κ3) is 4.68. The molecule has 0 N–H and O–H groups in total. The fourth-order valence-electron chi connectivity index (χ4n) is 2.77. The van der Waals surface area contributed by atoms with Crippen LogP contribution in [0.3, 0.4) is 0 Å². The van der Waals surface area contributed by atoms with Crippen LogP contribution in [0.4, 0.5) is 30.2 Å². The molecule has 0 atom stereocenters. The van der Waals surface area contributed by atoms with E-state index < -0.39 is 44.4 Å². The van der Waals surface area contributed by atoms with Gasteiger partial charge in [-0.3, -0.25) is 20.2 Å². The molecular formula is C17H14Cl2F3N3O5. The number of nitro benzene ring substituents is 2. The largest absolute Gasteiger partial charge is 0.448 e. The number of ether oxygens (including phenoxy) is 1. The van der Waals surface area contributed by atoms with Gasteiger partial charge in [0.15, 0.2) is 5.69 Å². The second-order valence-electron chi connectivity index (χ2n) is 5.83. The van der Waals surface area contributed by atoms with E-state index in [0.29, 0.717) is 0 Å². The maximum absolute atomic E-state index is 13.7. The van der Waals surface area contributed by atoms with Crippen molar-refractivity contribution in [3.8, 4) is 11.5 Å². The summed E-state index contributed by atoms with van der Waals surface area (Å²) in [5.74, 6) is -1.54. The van der Waals surface area contributed by atoms with Crippen molar-refractivity contribution in [1.29, 1.82) is 0 Å². The topological polar surface area (TPSA) is 98.8 Å². The fraction of sp³-hybridized carbons (Fsp3) is 0.294. The molecule has 0 aliphatic rings. The van der Waals surface area contributed by atoms with Crippen LogP contribution in [-0.4, -0.2) is 22.9 Å². The second-order valence-corrected chi connectivity index (χ2v) is 6.67. The van der Waals surface area contributed by atoms with Crippen molar-refractivity contribution in [3.05, 3.63) is 60.1 Å². The van der Waals surface area contributed by atoms with Gasteiger partial charge in [0.1, 0.15) is 11.3 Å². The van der Waals surface area contributed by atoms with Crippen LogP contribution in [0.15, 0.2) is 24.3 Å².